The molecule has 0 aliphatic carbocycles. The minimum atomic E-state index is -3.15. The second-order valence-electron chi connectivity index (χ2n) is 3.34. The van der Waals surface area contributed by atoms with Gasteiger partial charge in [-0.05, 0) is 12.5 Å². The van der Waals surface area contributed by atoms with Crippen molar-refractivity contribution in [1.82, 2.24) is 0 Å². The van der Waals surface area contributed by atoms with Crippen LogP contribution in [0.2, 0.25) is 0 Å². The molecule has 3 N–H and O–H groups in total. The zero-order valence-electron chi connectivity index (χ0n) is 8.08. The van der Waals surface area contributed by atoms with Crippen LogP contribution in [-0.4, -0.2) is 17.5 Å². The third kappa shape index (κ3) is 1.97. The van der Waals surface area contributed by atoms with Crippen LogP contribution < -0.4 is 5.73 Å². The predicted molar refractivity (Wildman–Crippen MR) is 50.7 cm³/mol. The molecule has 0 aliphatic heterocycles. The Morgan fingerprint density at radius 2 is 1.87 bits per heavy atom. The Bertz CT molecular complexity index is 364. The van der Waals surface area contributed by atoms with Gasteiger partial charge in [0, 0.05) is 0 Å². The summed E-state index contributed by atoms with van der Waals surface area (Å²) in [5.74, 6) is -1.73. The van der Waals surface area contributed by atoms with E-state index in [1.54, 1.807) is 19.1 Å². The van der Waals surface area contributed by atoms with E-state index in [4.69, 9.17) is 10.8 Å². The van der Waals surface area contributed by atoms with E-state index in [0.717, 1.165) is 5.56 Å². The van der Waals surface area contributed by atoms with E-state index in [0.29, 0.717) is 0 Å². The van der Waals surface area contributed by atoms with E-state index in [1.807, 2.05) is 0 Å². The highest BCUT2D eigenvalue weighted by atomic mass is 19.3. The van der Waals surface area contributed by atoms with Gasteiger partial charge in [0.25, 0.3) is 6.43 Å². The molecular weight excluding hydrogens is 204 g/mol. The first kappa shape index (κ1) is 11.6. The van der Waals surface area contributed by atoms with Crippen molar-refractivity contribution in [2.45, 2.75) is 18.9 Å². The third-order valence-electron chi connectivity index (χ3n) is 2.23. The van der Waals surface area contributed by atoms with E-state index >= 15 is 0 Å². The molecule has 0 bridgehead atoms. The highest BCUT2D eigenvalue weighted by Gasteiger charge is 2.45. The number of aryl methyl sites for hydroxylation is 1. The van der Waals surface area contributed by atoms with Gasteiger partial charge in [0.05, 0.1) is 0 Å². The number of carboxylic acid groups (broad SMARTS) is 1. The van der Waals surface area contributed by atoms with Crippen LogP contribution in [-0.2, 0) is 10.3 Å². The molecule has 1 rings (SSSR count). The molecule has 82 valence electrons. The van der Waals surface area contributed by atoms with Crippen molar-refractivity contribution >= 4 is 5.97 Å². The van der Waals surface area contributed by atoms with Crippen molar-refractivity contribution in [2.75, 3.05) is 0 Å². The van der Waals surface area contributed by atoms with Gasteiger partial charge in [-0.2, -0.15) is 0 Å². The number of carboxylic acids is 1. The van der Waals surface area contributed by atoms with Crippen LogP contribution >= 0.6 is 0 Å². The fourth-order valence-corrected chi connectivity index (χ4v) is 1.17. The van der Waals surface area contributed by atoms with Crippen molar-refractivity contribution in [2.24, 2.45) is 5.73 Å². The highest BCUT2D eigenvalue weighted by molar-refractivity contribution is 5.81. The molecule has 1 aromatic rings. The molecule has 5 heteroatoms. The van der Waals surface area contributed by atoms with Crippen molar-refractivity contribution < 1.29 is 18.7 Å². The molecule has 1 aromatic carbocycles. The van der Waals surface area contributed by atoms with Gasteiger partial charge in [0.1, 0.15) is 0 Å². The van der Waals surface area contributed by atoms with Crippen molar-refractivity contribution in [3.63, 3.8) is 0 Å². The van der Waals surface area contributed by atoms with E-state index in [-0.39, 0.29) is 5.56 Å². The van der Waals surface area contributed by atoms with Crippen molar-refractivity contribution in [3.8, 4) is 0 Å². The number of hydrogen-bond donors (Lipinski definition) is 2. The zero-order chi connectivity index (χ0) is 11.6. The van der Waals surface area contributed by atoms with Crippen LogP contribution in [0.5, 0.6) is 0 Å². The van der Waals surface area contributed by atoms with Gasteiger partial charge in [0.15, 0.2) is 0 Å². The summed E-state index contributed by atoms with van der Waals surface area (Å²) in [6.07, 6.45) is -3.15. The van der Waals surface area contributed by atoms with Crippen molar-refractivity contribution in [3.05, 3.63) is 35.4 Å². The Morgan fingerprint density at radius 3 is 2.20 bits per heavy atom. The summed E-state index contributed by atoms with van der Waals surface area (Å²) in [4.78, 5) is 10.7. The highest BCUT2D eigenvalue weighted by Crippen LogP contribution is 2.26. The minimum Gasteiger partial charge on any atom is -0.479 e. The SMILES string of the molecule is Cc1ccc(C(N)(C(=O)O)C(F)F)cc1. The molecule has 15 heavy (non-hydrogen) atoms. The summed E-state index contributed by atoms with van der Waals surface area (Å²) in [5.41, 5.74) is 3.32. The molecule has 0 heterocycles. The largest absolute Gasteiger partial charge is 0.479 e. The Morgan fingerprint density at radius 1 is 1.40 bits per heavy atom. The molecule has 0 spiro atoms. The first-order valence-electron chi connectivity index (χ1n) is 4.26. The number of aliphatic carboxylic acids is 1. The monoisotopic (exact) mass is 215 g/mol. The molecule has 1 unspecified atom stereocenters. The zero-order valence-corrected chi connectivity index (χ0v) is 8.08. The average molecular weight is 215 g/mol. The van der Waals surface area contributed by atoms with Crippen LogP contribution in [0.25, 0.3) is 0 Å². The number of carbonyl (C=O) groups is 1. The van der Waals surface area contributed by atoms with E-state index in [1.165, 1.54) is 12.1 Å². The summed E-state index contributed by atoms with van der Waals surface area (Å²) in [6, 6.07) is 5.69. The summed E-state index contributed by atoms with van der Waals surface area (Å²) >= 11 is 0. The molecule has 0 aliphatic rings. The molecule has 0 amide bonds. The molecule has 0 fully saturated rings. The van der Waals surface area contributed by atoms with Gasteiger partial charge in [-0.15, -0.1) is 0 Å². The topological polar surface area (TPSA) is 63.3 Å². The summed E-state index contributed by atoms with van der Waals surface area (Å²) in [6.45, 7) is 1.77. The molecule has 0 saturated carbocycles. The van der Waals surface area contributed by atoms with Crippen LogP contribution in [0, 0.1) is 6.92 Å². The lowest BCUT2D eigenvalue weighted by atomic mass is 9.91. The average Bonchev–Trinajstić information content (AvgIpc) is 2.17. The summed E-state index contributed by atoms with van der Waals surface area (Å²) in [7, 11) is 0. The normalized spacial score (nSPS) is 15.0. The lowest BCUT2D eigenvalue weighted by Crippen LogP contribution is -2.51. The molecule has 0 aromatic heterocycles. The third-order valence-corrected chi connectivity index (χ3v) is 2.23. The van der Waals surface area contributed by atoms with Gasteiger partial charge >= 0.3 is 5.97 Å². The second-order valence-corrected chi connectivity index (χ2v) is 3.34. The van der Waals surface area contributed by atoms with Gasteiger partial charge in [-0.3, -0.25) is 0 Å². The van der Waals surface area contributed by atoms with Gasteiger partial charge in [-0.25, -0.2) is 13.6 Å². The fourth-order valence-electron chi connectivity index (χ4n) is 1.17. The number of benzene rings is 1. The number of halogens is 2. The van der Waals surface area contributed by atoms with E-state index in [2.05, 4.69) is 0 Å². The quantitative estimate of drug-likeness (QED) is 0.803. The van der Waals surface area contributed by atoms with Crippen LogP contribution in [0.3, 0.4) is 0 Å². The lowest BCUT2D eigenvalue weighted by molar-refractivity contribution is -0.150. The van der Waals surface area contributed by atoms with Crippen LogP contribution in [0.4, 0.5) is 8.78 Å². The predicted octanol–water partition coefficient (Wildman–Crippen LogP) is 1.50. The first-order valence-corrected chi connectivity index (χ1v) is 4.26. The Labute approximate surface area is 85.5 Å². The summed E-state index contributed by atoms with van der Waals surface area (Å²) < 4.78 is 25.2. The Kier molecular flexibility index (Phi) is 3.04. The molecular formula is C10H11F2NO2. The van der Waals surface area contributed by atoms with E-state index < -0.39 is 17.9 Å². The number of rotatable bonds is 3. The minimum absolute atomic E-state index is 0.101. The number of nitrogens with two attached hydrogens (primary N) is 1. The number of hydrogen-bond acceptors (Lipinski definition) is 2. The van der Waals surface area contributed by atoms with Crippen LogP contribution in [0.15, 0.2) is 24.3 Å². The first-order chi connectivity index (χ1) is 6.89. The molecule has 1 atom stereocenters. The van der Waals surface area contributed by atoms with Gasteiger partial charge in [-0.1, -0.05) is 29.8 Å². The lowest BCUT2D eigenvalue weighted by Gasteiger charge is -2.24. The Balaban J connectivity index is 3.22. The second kappa shape index (κ2) is 3.94. The standard InChI is InChI=1S/C10H11F2NO2/c1-6-2-4-7(5-3-6)10(13,8(11)12)9(14)15/h2-5,8H,13H2,1H3,(H,14,15). The summed E-state index contributed by atoms with van der Waals surface area (Å²) in [5, 5.41) is 8.72. The van der Waals surface area contributed by atoms with E-state index in [9.17, 15) is 13.6 Å². The fraction of sp³-hybridized carbons (Fsp3) is 0.300. The van der Waals surface area contributed by atoms with Gasteiger partial charge in [0.2, 0.25) is 5.54 Å². The molecule has 0 radical (unpaired) electrons. The van der Waals surface area contributed by atoms with Gasteiger partial charge < -0.3 is 10.8 Å². The Hall–Kier alpha value is -1.49. The maximum atomic E-state index is 12.6. The smallest absolute Gasteiger partial charge is 0.334 e. The maximum Gasteiger partial charge on any atom is 0.334 e. The van der Waals surface area contributed by atoms with Crippen LogP contribution in [0.1, 0.15) is 11.1 Å². The van der Waals surface area contributed by atoms with Crippen molar-refractivity contribution in [1.29, 1.82) is 0 Å². The molecule has 3 nitrogen and oxygen atoms in total. The molecule has 0 saturated heterocycles. The number of alkyl halides is 2. The maximum absolute atomic E-state index is 12.6.